The maximum Gasteiger partial charge on any atom is 0.339 e. The Balaban J connectivity index is 1.75. The summed E-state index contributed by atoms with van der Waals surface area (Å²) in [4.78, 5) is 24.5. The largest absolute Gasteiger partial charge is 0.445 e. The van der Waals surface area contributed by atoms with E-state index in [1.807, 2.05) is 6.07 Å². The molecule has 118 valence electrons. The van der Waals surface area contributed by atoms with Crippen molar-refractivity contribution in [3.8, 4) is 0 Å². The van der Waals surface area contributed by atoms with Crippen LogP contribution in [-0.2, 0) is 22.5 Å². The molecule has 2 aromatic rings. The summed E-state index contributed by atoms with van der Waals surface area (Å²) >= 11 is 0. The highest BCUT2D eigenvalue weighted by molar-refractivity contribution is 5.97. The van der Waals surface area contributed by atoms with Gasteiger partial charge in [-0.3, -0.25) is 4.79 Å². The molecule has 0 saturated carbocycles. The van der Waals surface area contributed by atoms with E-state index in [-0.39, 0.29) is 18.8 Å². The van der Waals surface area contributed by atoms with E-state index in [1.165, 1.54) is 6.07 Å². The zero-order chi connectivity index (χ0) is 16.4. The Bertz CT molecular complexity index is 774. The molecule has 0 radical (unpaired) electrons. The van der Waals surface area contributed by atoms with Gasteiger partial charge in [-0.1, -0.05) is 36.4 Å². The molecule has 0 saturated heterocycles. The van der Waals surface area contributed by atoms with E-state index in [0.717, 1.165) is 5.56 Å². The molecular weight excluding hydrogens is 297 g/mol. The van der Waals surface area contributed by atoms with Gasteiger partial charge < -0.3 is 10.1 Å². The lowest BCUT2D eigenvalue weighted by atomic mass is 9.89. The first-order chi connectivity index (χ1) is 11.0. The summed E-state index contributed by atoms with van der Waals surface area (Å²) in [6, 6.07) is 13.3. The van der Waals surface area contributed by atoms with Gasteiger partial charge in [0.25, 0.3) is 5.91 Å². The van der Waals surface area contributed by atoms with E-state index >= 15 is 0 Å². The maximum absolute atomic E-state index is 13.6. The number of fused-ring (bicyclic) bond motifs is 1. The molecule has 4 nitrogen and oxygen atoms in total. The van der Waals surface area contributed by atoms with E-state index in [0.29, 0.717) is 11.1 Å². The lowest BCUT2D eigenvalue weighted by Gasteiger charge is -2.33. The number of nitrogens with one attached hydrogen (secondary N) is 1. The van der Waals surface area contributed by atoms with Gasteiger partial charge in [0.05, 0.1) is 5.56 Å². The number of carbonyl (C=O) groups is 2. The molecule has 2 aromatic carbocycles. The molecule has 1 atom stereocenters. The Morgan fingerprint density at radius 1 is 1.22 bits per heavy atom. The third-order valence-corrected chi connectivity index (χ3v) is 3.96. The molecule has 1 N–H and O–H groups in total. The molecule has 1 amide bonds. The van der Waals surface area contributed by atoms with Crippen molar-refractivity contribution in [2.75, 3.05) is 0 Å². The van der Waals surface area contributed by atoms with Crippen molar-refractivity contribution in [2.45, 2.75) is 25.5 Å². The number of halogens is 1. The standard InChI is InChI=1S/C18H16FNO3/c1-18(10-12-6-2-4-8-14(12)16(21)23-18)17(22)20-11-13-7-3-5-9-15(13)19/h2-9H,10-11H2,1H3,(H,20,22). The molecule has 1 unspecified atom stereocenters. The zero-order valence-corrected chi connectivity index (χ0v) is 12.6. The van der Waals surface area contributed by atoms with E-state index in [1.54, 1.807) is 43.3 Å². The Morgan fingerprint density at radius 3 is 2.70 bits per heavy atom. The minimum atomic E-state index is -1.29. The van der Waals surface area contributed by atoms with E-state index in [4.69, 9.17) is 4.74 Å². The molecule has 0 bridgehead atoms. The Morgan fingerprint density at radius 2 is 1.91 bits per heavy atom. The molecule has 1 heterocycles. The highest BCUT2D eigenvalue weighted by Crippen LogP contribution is 2.28. The zero-order valence-electron chi connectivity index (χ0n) is 12.6. The van der Waals surface area contributed by atoms with Crippen molar-refractivity contribution >= 4 is 11.9 Å². The summed E-state index contributed by atoms with van der Waals surface area (Å²) in [5.74, 6) is -1.34. The SMILES string of the molecule is CC1(C(=O)NCc2ccccc2F)Cc2ccccc2C(=O)O1. The minimum Gasteiger partial charge on any atom is -0.445 e. The minimum absolute atomic E-state index is 0.0420. The van der Waals surface area contributed by atoms with Crippen LogP contribution < -0.4 is 5.32 Å². The number of benzene rings is 2. The second-order valence-corrected chi connectivity index (χ2v) is 5.73. The Kier molecular flexibility index (Phi) is 3.86. The van der Waals surface area contributed by atoms with Crippen LogP contribution in [0.15, 0.2) is 48.5 Å². The fourth-order valence-electron chi connectivity index (χ4n) is 2.66. The summed E-state index contributed by atoms with van der Waals surface area (Å²) in [5.41, 5.74) is 0.336. The number of ether oxygens (including phenoxy) is 1. The topological polar surface area (TPSA) is 55.4 Å². The molecular formula is C18H16FNO3. The van der Waals surface area contributed by atoms with E-state index in [9.17, 15) is 14.0 Å². The average molecular weight is 313 g/mol. The third kappa shape index (κ3) is 2.95. The van der Waals surface area contributed by atoms with Crippen LogP contribution in [0.1, 0.15) is 28.4 Å². The lowest BCUT2D eigenvalue weighted by molar-refractivity contribution is -0.140. The summed E-state index contributed by atoms with van der Waals surface area (Å²) in [6.07, 6.45) is 0.290. The third-order valence-electron chi connectivity index (χ3n) is 3.96. The second-order valence-electron chi connectivity index (χ2n) is 5.73. The normalized spacial score (nSPS) is 19.7. The van der Waals surface area contributed by atoms with Gasteiger partial charge in [0, 0.05) is 18.5 Å². The average Bonchev–Trinajstić information content (AvgIpc) is 2.53. The first-order valence-corrected chi connectivity index (χ1v) is 7.32. The van der Waals surface area contributed by atoms with Crippen molar-refractivity contribution in [1.29, 1.82) is 0 Å². The molecule has 0 spiro atoms. The quantitative estimate of drug-likeness (QED) is 0.886. The first kappa shape index (κ1) is 15.2. The van der Waals surface area contributed by atoms with Crippen molar-refractivity contribution < 1.29 is 18.7 Å². The monoisotopic (exact) mass is 313 g/mol. The van der Waals surface area contributed by atoms with Gasteiger partial charge in [-0.15, -0.1) is 0 Å². The van der Waals surface area contributed by atoms with Crippen molar-refractivity contribution in [1.82, 2.24) is 5.32 Å². The van der Waals surface area contributed by atoms with Gasteiger partial charge in [-0.25, -0.2) is 9.18 Å². The van der Waals surface area contributed by atoms with Crippen LogP contribution in [0.3, 0.4) is 0 Å². The van der Waals surface area contributed by atoms with Crippen LogP contribution in [0.2, 0.25) is 0 Å². The van der Waals surface area contributed by atoms with Crippen molar-refractivity contribution in [3.05, 3.63) is 71.0 Å². The number of amides is 1. The van der Waals surface area contributed by atoms with Gasteiger partial charge in [0.2, 0.25) is 0 Å². The number of carbonyl (C=O) groups excluding carboxylic acids is 2. The highest BCUT2D eigenvalue weighted by atomic mass is 19.1. The van der Waals surface area contributed by atoms with Gasteiger partial charge in [-0.05, 0) is 24.6 Å². The van der Waals surface area contributed by atoms with Crippen LogP contribution >= 0.6 is 0 Å². The molecule has 1 aliphatic rings. The predicted octanol–water partition coefficient (Wildman–Crippen LogP) is 2.61. The molecule has 23 heavy (non-hydrogen) atoms. The van der Waals surface area contributed by atoms with E-state index in [2.05, 4.69) is 5.32 Å². The first-order valence-electron chi connectivity index (χ1n) is 7.32. The number of esters is 1. The number of hydrogen-bond donors (Lipinski definition) is 1. The van der Waals surface area contributed by atoms with E-state index < -0.39 is 17.5 Å². The van der Waals surface area contributed by atoms with Crippen molar-refractivity contribution in [3.63, 3.8) is 0 Å². The fourth-order valence-corrected chi connectivity index (χ4v) is 2.66. The van der Waals surface area contributed by atoms with Gasteiger partial charge >= 0.3 is 5.97 Å². The molecule has 0 aliphatic carbocycles. The molecule has 0 fully saturated rings. The summed E-state index contributed by atoms with van der Waals surface area (Å²) in [7, 11) is 0. The van der Waals surface area contributed by atoms with Crippen LogP contribution in [0, 0.1) is 5.82 Å². The second kappa shape index (κ2) is 5.83. The Hall–Kier alpha value is -2.69. The maximum atomic E-state index is 13.6. The van der Waals surface area contributed by atoms with Gasteiger partial charge in [0.15, 0.2) is 5.60 Å². The van der Waals surface area contributed by atoms with Crippen molar-refractivity contribution in [2.24, 2.45) is 0 Å². The van der Waals surface area contributed by atoms with Crippen LogP contribution in [0.25, 0.3) is 0 Å². The highest BCUT2D eigenvalue weighted by Gasteiger charge is 2.42. The van der Waals surface area contributed by atoms with Gasteiger partial charge in [-0.2, -0.15) is 0 Å². The lowest BCUT2D eigenvalue weighted by Crippen LogP contribution is -2.51. The fraction of sp³-hybridized carbons (Fsp3) is 0.222. The number of hydrogen-bond acceptors (Lipinski definition) is 3. The van der Waals surface area contributed by atoms with Gasteiger partial charge in [0.1, 0.15) is 5.82 Å². The van der Waals surface area contributed by atoms with Crippen LogP contribution in [0.5, 0.6) is 0 Å². The number of cyclic esters (lactones) is 1. The molecule has 0 aromatic heterocycles. The molecule has 1 aliphatic heterocycles. The summed E-state index contributed by atoms with van der Waals surface area (Å²) in [5, 5.41) is 2.65. The smallest absolute Gasteiger partial charge is 0.339 e. The van der Waals surface area contributed by atoms with Crippen LogP contribution in [-0.4, -0.2) is 17.5 Å². The van der Waals surface area contributed by atoms with Crippen LogP contribution in [0.4, 0.5) is 4.39 Å². The summed E-state index contributed by atoms with van der Waals surface area (Å²) in [6.45, 7) is 1.61. The Labute approximate surface area is 133 Å². The predicted molar refractivity (Wildman–Crippen MR) is 82.2 cm³/mol. The number of rotatable bonds is 3. The summed E-state index contributed by atoms with van der Waals surface area (Å²) < 4.78 is 18.9. The molecule has 3 rings (SSSR count). The molecule has 5 heteroatoms.